The number of nitrogens with one attached hydrogen (secondary N) is 1. The fourth-order valence-corrected chi connectivity index (χ4v) is 2.95. The zero-order valence-corrected chi connectivity index (χ0v) is 18.7. The average molecular weight is 530 g/mol. The van der Waals surface area contributed by atoms with Crippen LogP contribution in [-0.4, -0.2) is 60.6 Å². The quantitative estimate of drug-likeness (QED) is 0.280. The zero-order chi connectivity index (χ0) is 20.7. The van der Waals surface area contributed by atoms with E-state index in [0.717, 1.165) is 38.3 Å². The second-order valence-electron chi connectivity index (χ2n) is 6.30. The molecule has 10 heteroatoms. The Morgan fingerprint density at radius 2 is 1.83 bits per heavy atom. The van der Waals surface area contributed by atoms with Gasteiger partial charge in [0, 0.05) is 51.2 Å². The van der Waals surface area contributed by atoms with Gasteiger partial charge in [-0.3, -0.25) is 4.99 Å². The molecule has 30 heavy (non-hydrogen) atoms. The van der Waals surface area contributed by atoms with Gasteiger partial charge in [-0.2, -0.15) is 13.2 Å². The molecule has 1 aliphatic heterocycles. The molecule has 1 N–H and O–H groups in total. The number of anilines is 1. The van der Waals surface area contributed by atoms with Gasteiger partial charge < -0.3 is 15.1 Å². The van der Waals surface area contributed by atoms with Crippen molar-refractivity contribution in [2.45, 2.75) is 6.18 Å². The minimum Gasteiger partial charge on any atom is -0.345 e. The largest absolute Gasteiger partial charge is 0.416 e. The molecule has 1 aromatic carbocycles. The second kappa shape index (κ2) is 11.0. The number of alkyl halides is 3. The number of aromatic nitrogens is 2. The van der Waals surface area contributed by atoms with Gasteiger partial charge in [-0.25, -0.2) is 9.97 Å². The monoisotopic (exact) mass is 530 g/mol. The number of piperazine rings is 1. The lowest BCUT2D eigenvalue weighted by Crippen LogP contribution is -2.53. The molecule has 2 heterocycles. The minimum absolute atomic E-state index is 0. The van der Waals surface area contributed by atoms with E-state index in [1.807, 2.05) is 0 Å². The lowest BCUT2D eigenvalue weighted by atomic mass is 10.1. The number of rotatable bonds is 2. The maximum absolute atomic E-state index is 12.8. The molecule has 0 saturated carbocycles. The topological polar surface area (TPSA) is 56.7 Å². The van der Waals surface area contributed by atoms with Crippen molar-refractivity contribution in [2.75, 3.05) is 44.7 Å². The van der Waals surface area contributed by atoms with E-state index in [9.17, 15) is 13.2 Å². The second-order valence-corrected chi connectivity index (χ2v) is 6.30. The van der Waals surface area contributed by atoms with Crippen molar-refractivity contribution in [1.29, 1.82) is 0 Å². The maximum atomic E-state index is 12.8. The van der Waals surface area contributed by atoms with Gasteiger partial charge in [-0.1, -0.05) is 17.9 Å². The van der Waals surface area contributed by atoms with Crippen LogP contribution in [0, 0.1) is 11.8 Å². The van der Waals surface area contributed by atoms with E-state index in [4.69, 9.17) is 0 Å². The highest BCUT2D eigenvalue weighted by Gasteiger charge is 2.30. The first-order valence-corrected chi connectivity index (χ1v) is 9.11. The van der Waals surface area contributed by atoms with E-state index in [-0.39, 0.29) is 30.5 Å². The molecule has 1 fully saturated rings. The summed E-state index contributed by atoms with van der Waals surface area (Å²) in [5.41, 5.74) is -0.374. The van der Waals surface area contributed by atoms with Crippen LogP contribution >= 0.6 is 24.0 Å². The van der Waals surface area contributed by atoms with Gasteiger partial charge in [0.2, 0.25) is 5.95 Å². The summed E-state index contributed by atoms with van der Waals surface area (Å²) < 4.78 is 38.3. The molecule has 6 nitrogen and oxygen atoms in total. The van der Waals surface area contributed by atoms with Crippen molar-refractivity contribution in [3.05, 3.63) is 53.9 Å². The van der Waals surface area contributed by atoms with Crippen molar-refractivity contribution in [3.63, 3.8) is 0 Å². The third-order valence-corrected chi connectivity index (χ3v) is 4.38. The summed E-state index contributed by atoms with van der Waals surface area (Å²) in [5.74, 6) is 7.03. The Morgan fingerprint density at radius 3 is 2.47 bits per heavy atom. The van der Waals surface area contributed by atoms with Crippen LogP contribution in [0.2, 0.25) is 0 Å². The molecule has 0 unspecified atom stereocenters. The summed E-state index contributed by atoms with van der Waals surface area (Å²) in [4.78, 5) is 17.0. The molecule has 0 atom stereocenters. The van der Waals surface area contributed by atoms with Crippen LogP contribution in [0.5, 0.6) is 0 Å². The summed E-state index contributed by atoms with van der Waals surface area (Å²) >= 11 is 0. The van der Waals surface area contributed by atoms with Crippen LogP contribution in [0.15, 0.2) is 47.7 Å². The van der Waals surface area contributed by atoms with Gasteiger partial charge in [0.15, 0.2) is 5.96 Å². The first-order valence-electron chi connectivity index (χ1n) is 9.11. The van der Waals surface area contributed by atoms with Crippen molar-refractivity contribution in [2.24, 2.45) is 4.99 Å². The highest BCUT2D eigenvalue weighted by molar-refractivity contribution is 14.0. The first kappa shape index (κ1) is 23.7. The van der Waals surface area contributed by atoms with E-state index in [1.165, 1.54) is 6.07 Å². The van der Waals surface area contributed by atoms with Crippen LogP contribution in [-0.2, 0) is 6.18 Å². The van der Waals surface area contributed by atoms with Crippen molar-refractivity contribution < 1.29 is 13.2 Å². The summed E-state index contributed by atoms with van der Waals surface area (Å²) in [7, 11) is 1.69. The predicted molar refractivity (Wildman–Crippen MR) is 121 cm³/mol. The van der Waals surface area contributed by atoms with Crippen LogP contribution in [0.4, 0.5) is 19.1 Å². The number of halogens is 4. The predicted octanol–water partition coefficient (Wildman–Crippen LogP) is 2.86. The van der Waals surface area contributed by atoms with Crippen LogP contribution in [0.3, 0.4) is 0 Å². The number of hydrogen-bond acceptors (Lipinski definition) is 4. The summed E-state index contributed by atoms with van der Waals surface area (Å²) in [6.45, 7) is 3.31. The van der Waals surface area contributed by atoms with E-state index in [1.54, 1.807) is 31.6 Å². The zero-order valence-electron chi connectivity index (χ0n) is 16.4. The summed E-state index contributed by atoms with van der Waals surface area (Å²) in [5, 5.41) is 3.14. The molecule has 1 aliphatic rings. The molecule has 0 spiro atoms. The normalized spacial score (nSPS) is 14.5. The van der Waals surface area contributed by atoms with Crippen LogP contribution in [0.25, 0.3) is 0 Å². The molecule has 160 valence electrons. The molecular weight excluding hydrogens is 508 g/mol. The van der Waals surface area contributed by atoms with Crippen LogP contribution in [0.1, 0.15) is 11.1 Å². The molecule has 0 aliphatic carbocycles. The third kappa shape index (κ3) is 6.48. The molecule has 1 saturated heterocycles. The van der Waals surface area contributed by atoms with Gasteiger partial charge in [-0.05, 0) is 24.3 Å². The molecule has 0 radical (unpaired) electrons. The standard InChI is InChI=1S/C20H21F3N6.HI/c1-24-18(28-11-13-29(14-12-28)19-26-9-4-10-27-19)25-8-3-6-16-5-2-7-17(15-16)20(21,22)23;/h2,4-5,7,9-10,15H,8,11-14H2,1H3,(H,24,25);1H. The van der Waals surface area contributed by atoms with Gasteiger partial charge in [0.25, 0.3) is 0 Å². The fourth-order valence-electron chi connectivity index (χ4n) is 2.95. The number of nitrogens with zero attached hydrogens (tertiary/aromatic N) is 5. The molecule has 2 aromatic rings. The minimum atomic E-state index is -4.37. The maximum Gasteiger partial charge on any atom is 0.416 e. The van der Waals surface area contributed by atoms with Crippen molar-refractivity contribution in [1.82, 2.24) is 20.2 Å². The first-order chi connectivity index (χ1) is 14.0. The van der Waals surface area contributed by atoms with Gasteiger partial charge >= 0.3 is 6.18 Å². The Kier molecular flexibility index (Phi) is 8.71. The molecule has 0 amide bonds. The molecule has 1 aromatic heterocycles. The van der Waals surface area contributed by atoms with Crippen LogP contribution < -0.4 is 10.2 Å². The van der Waals surface area contributed by atoms with Crippen molar-refractivity contribution >= 4 is 35.9 Å². The smallest absolute Gasteiger partial charge is 0.345 e. The highest BCUT2D eigenvalue weighted by Crippen LogP contribution is 2.29. The lowest BCUT2D eigenvalue weighted by molar-refractivity contribution is -0.137. The van der Waals surface area contributed by atoms with Crippen molar-refractivity contribution in [3.8, 4) is 11.8 Å². The Bertz CT molecular complexity index is 900. The van der Waals surface area contributed by atoms with Gasteiger partial charge in [-0.15, -0.1) is 24.0 Å². The van der Waals surface area contributed by atoms with E-state index < -0.39 is 11.7 Å². The number of guanidine groups is 1. The summed E-state index contributed by atoms with van der Waals surface area (Å²) in [6, 6.07) is 6.78. The number of hydrogen-bond donors (Lipinski definition) is 1. The van der Waals surface area contributed by atoms with Gasteiger partial charge in [0.05, 0.1) is 12.1 Å². The Morgan fingerprint density at radius 1 is 1.13 bits per heavy atom. The Hall–Kier alpha value is -2.55. The molecule has 3 rings (SSSR count). The number of aliphatic imine (C=N–C) groups is 1. The molecular formula is C20H22F3IN6. The SMILES string of the molecule is CN=C(NCC#Cc1cccc(C(F)(F)F)c1)N1CCN(c2ncccn2)CC1.I. The fraction of sp³-hybridized carbons (Fsp3) is 0.350. The highest BCUT2D eigenvalue weighted by atomic mass is 127. The Labute approximate surface area is 190 Å². The van der Waals surface area contributed by atoms with Gasteiger partial charge in [0.1, 0.15) is 0 Å². The number of benzene rings is 1. The molecule has 0 bridgehead atoms. The van der Waals surface area contributed by atoms with E-state index in [2.05, 4.69) is 41.9 Å². The lowest BCUT2D eigenvalue weighted by Gasteiger charge is -2.36. The average Bonchev–Trinajstić information content (AvgIpc) is 2.74. The summed E-state index contributed by atoms with van der Waals surface area (Å²) in [6.07, 6.45) is -0.929. The van der Waals surface area contributed by atoms with E-state index >= 15 is 0 Å². The third-order valence-electron chi connectivity index (χ3n) is 4.38. The van der Waals surface area contributed by atoms with E-state index in [0.29, 0.717) is 17.5 Å². The Balaban J connectivity index is 0.00000320.